The van der Waals surface area contributed by atoms with Crippen LogP contribution < -0.4 is 0 Å². The van der Waals surface area contributed by atoms with Gasteiger partial charge in [0.1, 0.15) is 5.01 Å². The molecule has 1 heterocycles. The topological polar surface area (TPSA) is 36.0 Å². The molecule has 0 saturated heterocycles. The molecule has 21 heavy (non-hydrogen) atoms. The predicted octanol–water partition coefficient (Wildman–Crippen LogP) is 4.18. The van der Waals surface area contributed by atoms with Crippen molar-refractivity contribution in [2.75, 3.05) is 0 Å². The summed E-state index contributed by atoms with van der Waals surface area (Å²) in [4.78, 5) is 4.25. The van der Waals surface area contributed by atoms with Gasteiger partial charge in [-0.2, -0.15) is 0 Å². The van der Waals surface area contributed by atoms with E-state index >= 15 is 0 Å². The van der Waals surface area contributed by atoms with Crippen LogP contribution in [0.25, 0.3) is 0 Å². The molecule has 0 bridgehead atoms. The molecule has 0 aliphatic carbocycles. The largest absolute Gasteiger partial charge is 0.615 e. The maximum absolute atomic E-state index is 12.9. The number of thiazole rings is 1. The summed E-state index contributed by atoms with van der Waals surface area (Å²) in [6.07, 6.45) is 1.76. The molecular formula is C17H15NOS2. The van der Waals surface area contributed by atoms with Crippen LogP contribution in [0.15, 0.2) is 72.2 Å². The zero-order valence-electron chi connectivity index (χ0n) is 11.4. The molecule has 2 aromatic carbocycles. The fourth-order valence-corrected chi connectivity index (χ4v) is 4.71. The summed E-state index contributed by atoms with van der Waals surface area (Å²) in [6, 6.07) is 20.1. The highest BCUT2D eigenvalue weighted by atomic mass is 32.2. The van der Waals surface area contributed by atoms with Gasteiger partial charge >= 0.3 is 0 Å². The lowest BCUT2D eigenvalue weighted by Crippen LogP contribution is -2.17. The normalized spacial score (nSPS) is 12.5. The van der Waals surface area contributed by atoms with Crippen LogP contribution in [0, 0.1) is 0 Å². The Morgan fingerprint density at radius 1 is 0.952 bits per heavy atom. The number of nitrogens with zero attached hydrogens (tertiary/aromatic N) is 1. The van der Waals surface area contributed by atoms with Gasteiger partial charge in [-0.05, 0) is 11.2 Å². The molecule has 1 atom stereocenters. The van der Waals surface area contributed by atoms with Gasteiger partial charge in [0.05, 0.1) is 0 Å². The average molecular weight is 313 g/mol. The standard InChI is InChI=1S/C17H15NOS2/c19-21(13-16-18-11-12-20-16)17(14-7-3-1-4-8-14)15-9-5-2-6-10-15/h1-12,17H,13H2. The molecule has 0 aliphatic rings. The van der Waals surface area contributed by atoms with Crippen LogP contribution in [-0.2, 0) is 16.9 Å². The Bertz CT molecular complexity index is 616. The SMILES string of the molecule is [O-][S+](Cc1nccs1)C(c1ccccc1)c1ccccc1. The second-order valence-electron chi connectivity index (χ2n) is 4.65. The average Bonchev–Trinajstić information content (AvgIpc) is 3.02. The zero-order chi connectivity index (χ0) is 14.5. The molecule has 0 radical (unpaired) electrons. The molecular weight excluding hydrogens is 298 g/mol. The monoisotopic (exact) mass is 313 g/mol. The number of rotatable bonds is 5. The van der Waals surface area contributed by atoms with Gasteiger partial charge in [0.25, 0.3) is 0 Å². The minimum atomic E-state index is -1.04. The Balaban J connectivity index is 1.92. The van der Waals surface area contributed by atoms with Crippen LogP contribution in [0.4, 0.5) is 0 Å². The van der Waals surface area contributed by atoms with E-state index in [-0.39, 0.29) is 5.25 Å². The van der Waals surface area contributed by atoms with Crippen LogP contribution in [0.1, 0.15) is 21.4 Å². The Morgan fingerprint density at radius 3 is 2.00 bits per heavy atom. The summed E-state index contributed by atoms with van der Waals surface area (Å²) >= 11 is 0.514. The van der Waals surface area contributed by atoms with Crippen molar-refractivity contribution in [3.8, 4) is 0 Å². The third-order valence-corrected chi connectivity index (χ3v) is 5.81. The molecule has 1 unspecified atom stereocenters. The lowest BCUT2D eigenvalue weighted by atomic mass is 10.0. The van der Waals surface area contributed by atoms with Crippen molar-refractivity contribution in [1.29, 1.82) is 0 Å². The van der Waals surface area contributed by atoms with Gasteiger partial charge in [-0.25, -0.2) is 4.98 Å². The van der Waals surface area contributed by atoms with E-state index in [1.807, 2.05) is 66.0 Å². The van der Waals surface area contributed by atoms with Crippen molar-refractivity contribution in [3.05, 3.63) is 88.4 Å². The second-order valence-corrected chi connectivity index (χ2v) is 7.15. The summed E-state index contributed by atoms with van der Waals surface area (Å²) in [5.41, 5.74) is 2.16. The predicted molar refractivity (Wildman–Crippen MR) is 88.7 cm³/mol. The van der Waals surface area contributed by atoms with Gasteiger partial charge in [-0.15, -0.1) is 11.3 Å². The molecule has 3 aromatic rings. The van der Waals surface area contributed by atoms with Crippen LogP contribution in [0.3, 0.4) is 0 Å². The minimum absolute atomic E-state index is 0.115. The van der Waals surface area contributed by atoms with Gasteiger partial charge in [-0.3, -0.25) is 0 Å². The second kappa shape index (κ2) is 6.89. The van der Waals surface area contributed by atoms with Gasteiger partial charge in [0, 0.05) is 22.7 Å². The van der Waals surface area contributed by atoms with Crippen LogP contribution in [0.2, 0.25) is 0 Å². The first-order valence-corrected chi connectivity index (χ1v) is 8.96. The summed E-state index contributed by atoms with van der Waals surface area (Å²) in [5, 5.41) is 2.73. The first kappa shape index (κ1) is 14.3. The molecule has 0 saturated carbocycles. The van der Waals surface area contributed by atoms with E-state index in [1.54, 1.807) is 17.5 Å². The van der Waals surface area contributed by atoms with E-state index < -0.39 is 11.2 Å². The molecule has 0 aliphatic heterocycles. The molecule has 3 rings (SSSR count). The molecule has 106 valence electrons. The van der Waals surface area contributed by atoms with Gasteiger partial charge in [-0.1, -0.05) is 60.7 Å². The first-order chi connectivity index (χ1) is 10.3. The molecule has 2 nitrogen and oxygen atoms in total. The summed E-state index contributed by atoms with van der Waals surface area (Å²) in [7, 11) is 0. The molecule has 0 spiro atoms. The number of hydrogen-bond acceptors (Lipinski definition) is 3. The Kier molecular flexibility index (Phi) is 4.70. The zero-order valence-corrected chi connectivity index (χ0v) is 13.0. The van der Waals surface area contributed by atoms with E-state index in [2.05, 4.69) is 4.98 Å². The minimum Gasteiger partial charge on any atom is -0.615 e. The van der Waals surface area contributed by atoms with Crippen molar-refractivity contribution in [2.24, 2.45) is 0 Å². The molecule has 1 aromatic heterocycles. The summed E-state index contributed by atoms with van der Waals surface area (Å²) < 4.78 is 12.9. The molecule has 0 fully saturated rings. The third kappa shape index (κ3) is 3.53. The third-order valence-electron chi connectivity index (χ3n) is 3.22. The maximum Gasteiger partial charge on any atom is 0.166 e. The molecule has 0 amide bonds. The highest BCUT2D eigenvalue weighted by molar-refractivity contribution is 7.91. The smallest absolute Gasteiger partial charge is 0.166 e. The van der Waals surface area contributed by atoms with Crippen LogP contribution >= 0.6 is 11.3 Å². The van der Waals surface area contributed by atoms with Crippen molar-refractivity contribution >= 4 is 22.5 Å². The number of benzene rings is 2. The lowest BCUT2D eigenvalue weighted by molar-refractivity contribution is 0.587. The Hall–Kier alpha value is -1.62. The fraction of sp³-hybridized carbons (Fsp3) is 0.118. The van der Waals surface area contributed by atoms with Crippen molar-refractivity contribution in [2.45, 2.75) is 11.0 Å². The van der Waals surface area contributed by atoms with E-state index in [0.717, 1.165) is 16.1 Å². The van der Waals surface area contributed by atoms with E-state index in [9.17, 15) is 4.55 Å². The highest BCUT2D eigenvalue weighted by Gasteiger charge is 2.27. The van der Waals surface area contributed by atoms with Crippen molar-refractivity contribution in [3.63, 3.8) is 0 Å². The quantitative estimate of drug-likeness (QED) is 0.662. The fourth-order valence-electron chi connectivity index (χ4n) is 2.28. The van der Waals surface area contributed by atoms with E-state index in [0.29, 0.717) is 5.75 Å². The van der Waals surface area contributed by atoms with Gasteiger partial charge in [0.15, 0.2) is 11.0 Å². The first-order valence-electron chi connectivity index (χ1n) is 6.70. The van der Waals surface area contributed by atoms with Crippen molar-refractivity contribution in [1.82, 2.24) is 4.98 Å². The Morgan fingerprint density at radius 2 is 1.52 bits per heavy atom. The highest BCUT2D eigenvalue weighted by Crippen LogP contribution is 2.32. The summed E-state index contributed by atoms with van der Waals surface area (Å²) in [5.74, 6) is 0.492. The molecule has 4 heteroatoms. The van der Waals surface area contributed by atoms with Crippen molar-refractivity contribution < 1.29 is 4.55 Å². The molecule has 0 N–H and O–H groups in total. The Labute approximate surface area is 131 Å². The van der Waals surface area contributed by atoms with Crippen LogP contribution in [0.5, 0.6) is 0 Å². The van der Waals surface area contributed by atoms with Gasteiger partial charge in [0.2, 0.25) is 0 Å². The van der Waals surface area contributed by atoms with E-state index in [4.69, 9.17) is 0 Å². The lowest BCUT2D eigenvalue weighted by Gasteiger charge is -2.22. The van der Waals surface area contributed by atoms with Crippen LogP contribution in [-0.4, -0.2) is 9.54 Å². The number of hydrogen-bond donors (Lipinski definition) is 0. The number of aromatic nitrogens is 1. The summed E-state index contributed by atoms with van der Waals surface area (Å²) in [6.45, 7) is 0. The maximum atomic E-state index is 12.9. The van der Waals surface area contributed by atoms with E-state index in [1.165, 1.54) is 0 Å². The van der Waals surface area contributed by atoms with Gasteiger partial charge < -0.3 is 4.55 Å².